The van der Waals surface area contributed by atoms with Gasteiger partial charge in [0.2, 0.25) is 0 Å². The summed E-state index contributed by atoms with van der Waals surface area (Å²) in [7, 11) is 1.56. The fourth-order valence-corrected chi connectivity index (χ4v) is 3.91. The minimum Gasteiger partial charge on any atom is -0.508 e. The molecule has 0 radical (unpaired) electrons. The van der Waals surface area contributed by atoms with E-state index < -0.39 is 12.1 Å². The first-order chi connectivity index (χ1) is 16.2. The quantitative estimate of drug-likeness (QED) is 0.327. The van der Waals surface area contributed by atoms with Crippen molar-refractivity contribution in [2.45, 2.75) is 32.9 Å². The van der Waals surface area contributed by atoms with Gasteiger partial charge >= 0.3 is 5.97 Å². The van der Waals surface area contributed by atoms with Crippen LogP contribution in [0.3, 0.4) is 0 Å². The van der Waals surface area contributed by atoms with E-state index in [0.717, 1.165) is 28.0 Å². The van der Waals surface area contributed by atoms with E-state index in [1.807, 2.05) is 32.9 Å². The van der Waals surface area contributed by atoms with Gasteiger partial charge in [0, 0.05) is 18.2 Å². The summed E-state index contributed by atoms with van der Waals surface area (Å²) in [5.74, 6) is 0.540. The maximum Gasteiger partial charge on any atom is 0.335 e. The highest BCUT2D eigenvalue weighted by Gasteiger charge is 2.17. The highest BCUT2D eigenvalue weighted by atomic mass is 16.5. The number of phenols is 1. The van der Waals surface area contributed by atoms with Gasteiger partial charge in [-0.15, -0.1) is 0 Å². The summed E-state index contributed by atoms with van der Waals surface area (Å²) in [4.78, 5) is 11.4. The maximum atomic E-state index is 11.4. The zero-order chi connectivity index (χ0) is 24.8. The minimum absolute atomic E-state index is 0.162. The molecule has 0 aromatic heterocycles. The summed E-state index contributed by atoms with van der Waals surface area (Å²) >= 11 is 0. The number of aromatic hydroxyl groups is 1. The summed E-state index contributed by atoms with van der Waals surface area (Å²) in [5.41, 5.74) is 4.33. The van der Waals surface area contributed by atoms with Gasteiger partial charge in [-0.2, -0.15) is 0 Å². The van der Waals surface area contributed by atoms with E-state index in [1.165, 1.54) is 6.07 Å². The monoisotopic (exact) mass is 465 g/mol. The smallest absolute Gasteiger partial charge is 0.335 e. The highest BCUT2D eigenvalue weighted by molar-refractivity contribution is 5.90. The van der Waals surface area contributed by atoms with E-state index in [0.29, 0.717) is 24.5 Å². The first kappa shape index (κ1) is 25.1. The second-order valence-corrected chi connectivity index (χ2v) is 8.29. The summed E-state index contributed by atoms with van der Waals surface area (Å²) in [6, 6.07) is 15.0. The van der Waals surface area contributed by atoms with E-state index in [2.05, 4.69) is 5.32 Å². The molecule has 4 N–H and O–H groups in total. The van der Waals surface area contributed by atoms with Crippen LogP contribution in [0.5, 0.6) is 17.2 Å². The standard InChI is InChI=1S/C27H31NO6/c1-16-13-21(23-15-20(27(31)32)7-10-24(23)33-4)14-17(2)26(16)34-12-11-28-18(3)25(30)19-5-8-22(29)9-6-19/h5-10,13-15,18,25,28-30H,11-12H2,1-4H3,(H,31,32)/t18-,25+/m1/s1. The van der Waals surface area contributed by atoms with Crippen LogP contribution in [0.4, 0.5) is 0 Å². The molecule has 0 spiro atoms. The van der Waals surface area contributed by atoms with Crippen LogP contribution in [-0.2, 0) is 0 Å². The molecule has 0 saturated heterocycles. The number of phenolic OH excluding ortho intramolecular Hbond substituents is 1. The Morgan fingerprint density at radius 3 is 2.26 bits per heavy atom. The largest absolute Gasteiger partial charge is 0.508 e. The maximum absolute atomic E-state index is 11.4. The fourth-order valence-electron chi connectivity index (χ4n) is 3.91. The molecule has 0 aliphatic rings. The third-order valence-corrected chi connectivity index (χ3v) is 5.74. The van der Waals surface area contributed by atoms with Crippen LogP contribution in [0.2, 0.25) is 0 Å². The molecule has 180 valence electrons. The van der Waals surface area contributed by atoms with Crippen LogP contribution in [0.15, 0.2) is 54.6 Å². The van der Waals surface area contributed by atoms with E-state index in [1.54, 1.807) is 43.5 Å². The van der Waals surface area contributed by atoms with E-state index in [4.69, 9.17) is 9.47 Å². The Morgan fingerprint density at radius 2 is 1.68 bits per heavy atom. The van der Waals surface area contributed by atoms with E-state index >= 15 is 0 Å². The van der Waals surface area contributed by atoms with Gasteiger partial charge < -0.3 is 30.1 Å². The lowest BCUT2D eigenvalue weighted by Gasteiger charge is -2.21. The number of hydrogen-bond donors (Lipinski definition) is 4. The first-order valence-corrected chi connectivity index (χ1v) is 11.1. The summed E-state index contributed by atoms with van der Waals surface area (Å²) in [5, 5.41) is 32.5. The Labute approximate surface area is 199 Å². The number of aliphatic hydroxyl groups excluding tert-OH is 1. The van der Waals surface area contributed by atoms with Gasteiger partial charge in [0.05, 0.1) is 18.8 Å². The van der Waals surface area contributed by atoms with Crippen molar-refractivity contribution < 1.29 is 29.6 Å². The van der Waals surface area contributed by atoms with Gasteiger partial charge in [-0.1, -0.05) is 12.1 Å². The average molecular weight is 466 g/mol. The van der Waals surface area contributed by atoms with Gasteiger partial charge in [0.15, 0.2) is 0 Å². The Kier molecular flexibility index (Phi) is 8.15. The zero-order valence-electron chi connectivity index (χ0n) is 19.8. The van der Waals surface area contributed by atoms with Crippen molar-refractivity contribution in [2.24, 2.45) is 0 Å². The van der Waals surface area contributed by atoms with Gasteiger partial charge in [0.25, 0.3) is 0 Å². The predicted molar refractivity (Wildman–Crippen MR) is 131 cm³/mol. The Morgan fingerprint density at radius 1 is 1.03 bits per heavy atom. The van der Waals surface area contributed by atoms with Crippen molar-refractivity contribution in [1.82, 2.24) is 5.32 Å². The SMILES string of the molecule is COc1ccc(C(=O)O)cc1-c1cc(C)c(OCCN[C@H](C)[C@H](O)c2ccc(O)cc2)c(C)c1. The molecule has 7 heteroatoms. The molecule has 0 amide bonds. The van der Waals surface area contributed by atoms with Crippen molar-refractivity contribution in [3.05, 3.63) is 76.9 Å². The molecule has 3 aromatic rings. The number of carbonyl (C=O) groups is 1. The Balaban J connectivity index is 1.65. The molecule has 0 unspecified atom stereocenters. The lowest BCUT2D eigenvalue weighted by Crippen LogP contribution is -2.35. The summed E-state index contributed by atoms with van der Waals surface area (Å²) in [6.07, 6.45) is -0.708. The van der Waals surface area contributed by atoms with Gasteiger partial charge in [-0.05, 0) is 85.5 Å². The van der Waals surface area contributed by atoms with Crippen molar-refractivity contribution in [3.63, 3.8) is 0 Å². The van der Waals surface area contributed by atoms with Crippen LogP contribution in [0.25, 0.3) is 11.1 Å². The molecule has 0 bridgehead atoms. The molecule has 2 atom stereocenters. The number of aryl methyl sites for hydroxylation is 2. The number of carboxylic acid groups (broad SMARTS) is 1. The molecular weight excluding hydrogens is 434 g/mol. The van der Waals surface area contributed by atoms with Gasteiger partial charge in [-0.25, -0.2) is 4.79 Å². The predicted octanol–water partition coefficient (Wildman–Crippen LogP) is 4.47. The number of hydrogen-bond acceptors (Lipinski definition) is 6. The van der Waals surface area contributed by atoms with Crippen LogP contribution in [-0.4, -0.2) is 47.6 Å². The number of aromatic carboxylic acids is 1. The van der Waals surface area contributed by atoms with Crippen molar-refractivity contribution in [3.8, 4) is 28.4 Å². The van der Waals surface area contributed by atoms with Crippen LogP contribution in [0, 0.1) is 13.8 Å². The lowest BCUT2D eigenvalue weighted by atomic mass is 9.97. The lowest BCUT2D eigenvalue weighted by molar-refractivity contribution is 0.0697. The van der Waals surface area contributed by atoms with Crippen molar-refractivity contribution >= 4 is 5.97 Å². The van der Waals surface area contributed by atoms with Gasteiger partial charge in [0.1, 0.15) is 23.9 Å². The Bertz CT molecular complexity index is 1120. The fraction of sp³-hybridized carbons (Fsp3) is 0.296. The van der Waals surface area contributed by atoms with Gasteiger partial charge in [-0.3, -0.25) is 0 Å². The first-order valence-electron chi connectivity index (χ1n) is 11.1. The summed E-state index contributed by atoms with van der Waals surface area (Å²) < 4.78 is 11.5. The average Bonchev–Trinajstić information content (AvgIpc) is 2.82. The molecule has 0 fully saturated rings. The molecule has 34 heavy (non-hydrogen) atoms. The number of aliphatic hydroxyl groups is 1. The molecule has 0 heterocycles. The van der Waals surface area contributed by atoms with Crippen LogP contribution < -0.4 is 14.8 Å². The number of ether oxygens (including phenoxy) is 2. The number of rotatable bonds is 10. The molecule has 3 rings (SSSR count). The molecule has 0 aliphatic heterocycles. The Hall–Kier alpha value is -3.55. The highest BCUT2D eigenvalue weighted by Crippen LogP contribution is 2.35. The second-order valence-electron chi connectivity index (χ2n) is 8.29. The van der Waals surface area contributed by atoms with Crippen molar-refractivity contribution in [1.29, 1.82) is 0 Å². The number of nitrogens with one attached hydrogen (secondary N) is 1. The number of benzene rings is 3. The molecular formula is C27H31NO6. The number of methoxy groups -OCH3 is 1. The third kappa shape index (κ3) is 5.87. The molecule has 7 nitrogen and oxygen atoms in total. The third-order valence-electron chi connectivity index (χ3n) is 5.74. The normalized spacial score (nSPS) is 12.7. The molecule has 3 aromatic carbocycles. The minimum atomic E-state index is -0.991. The second kappa shape index (κ2) is 11.0. The molecule has 0 aliphatic carbocycles. The van der Waals surface area contributed by atoms with Crippen LogP contribution in [0.1, 0.15) is 40.1 Å². The molecule has 0 saturated carbocycles. The zero-order valence-corrected chi connectivity index (χ0v) is 19.8. The van der Waals surface area contributed by atoms with Crippen LogP contribution >= 0.6 is 0 Å². The van der Waals surface area contributed by atoms with E-state index in [-0.39, 0.29) is 17.4 Å². The topological polar surface area (TPSA) is 108 Å². The summed E-state index contributed by atoms with van der Waals surface area (Å²) in [6.45, 7) is 6.73. The number of carboxylic acids is 1. The van der Waals surface area contributed by atoms with Crippen molar-refractivity contribution in [2.75, 3.05) is 20.3 Å². The van der Waals surface area contributed by atoms with E-state index in [9.17, 15) is 20.1 Å².